The second-order valence-electron chi connectivity index (χ2n) is 2.03. The summed E-state index contributed by atoms with van der Waals surface area (Å²) >= 11 is 3.05. The van der Waals surface area contributed by atoms with Crippen molar-refractivity contribution < 1.29 is 19.4 Å². The number of ether oxygens (including phenoxy) is 1. The predicted molar refractivity (Wildman–Crippen MR) is 45.4 cm³/mol. The molecule has 0 saturated carbocycles. The van der Waals surface area contributed by atoms with E-state index in [-0.39, 0.29) is 6.61 Å². The molecule has 0 aromatic rings. The number of halogens is 1. The molecule has 0 unspecified atom stereocenters. The Morgan fingerprint density at radius 1 is 1.67 bits per heavy atom. The lowest BCUT2D eigenvalue weighted by atomic mass is 10.4. The highest BCUT2D eigenvalue weighted by Crippen LogP contribution is 1.86. The number of alkyl carbamates (subject to hydrolysis) is 1. The maximum Gasteiger partial charge on any atom is 0.407 e. The zero-order valence-electron chi connectivity index (χ0n) is 6.54. The molecule has 0 radical (unpaired) electrons. The van der Waals surface area contributed by atoms with Gasteiger partial charge in [-0.2, -0.15) is 0 Å². The molecule has 2 N–H and O–H groups in total. The molecule has 12 heavy (non-hydrogen) atoms. The minimum Gasteiger partial charge on any atom is -0.480 e. The number of rotatable bonds is 4. The van der Waals surface area contributed by atoms with Gasteiger partial charge in [-0.05, 0) is 6.92 Å². The monoisotopic (exact) mass is 239 g/mol. The number of carboxylic acids is 1. The molecule has 0 aliphatic rings. The van der Waals surface area contributed by atoms with Crippen LogP contribution in [0.15, 0.2) is 0 Å². The van der Waals surface area contributed by atoms with Gasteiger partial charge in [0.2, 0.25) is 0 Å². The first-order valence-corrected chi connectivity index (χ1v) is 4.42. The fourth-order valence-electron chi connectivity index (χ4n) is 0.411. The molecule has 1 atom stereocenters. The molecule has 0 aliphatic heterocycles. The number of nitrogens with one attached hydrogen (secondary N) is 1. The van der Waals surface area contributed by atoms with Gasteiger partial charge in [0.25, 0.3) is 0 Å². The highest BCUT2D eigenvalue weighted by atomic mass is 79.9. The summed E-state index contributed by atoms with van der Waals surface area (Å²) in [7, 11) is 0. The van der Waals surface area contributed by atoms with Gasteiger partial charge >= 0.3 is 12.1 Å². The second kappa shape index (κ2) is 5.82. The van der Waals surface area contributed by atoms with E-state index in [1.807, 2.05) is 0 Å². The molecule has 1 amide bonds. The minimum absolute atomic E-state index is 0.220. The average molecular weight is 240 g/mol. The molecule has 0 aromatic carbocycles. The zero-order chi connectivity index (χ0) is 9.56. The number of carbonyl (C=O) groups is 2. The second-order valence-corrected chi connectivity index (χ2v) is 2.82. The van der Waals surface area contributed by atoms with E-state index in [0.29, 0.717) is 5.33 Å². The van der Waals surface area contributed by atoms with Crippen LogP contribution >= 0.6 is 15.9 Å². The van der Waals surface area contributed by atoms with Crippen LogP contribution in [0.1, 0.15) is 6.92 Å². The summed E-state index contributed by atoms with van der Waals surface area (Å²) < 4.78 is 4.55. The number of hydrogen-bond donors (Lipinski definition) is 2. The first-order chi connectivity index (χ1) is 5.57. The number of carboxylic acid groups (broad SMARTS) is 1. The number of amides is 1. The van der Waals surface area contributed by atoms with Gasteiger partial charge < -0.3 is 15.2 Å². The lowest BCUT2D eigenvalue weighted by molar-refractivity contribution is -0.138. The maximum atomic E-state index is 10.7. The quantitative estimate of drug-likeness (QED) is 0.705. The van der Waals surface area contributed by atoms with Crippen molar-refractivity contribution in [2.24, 2.45) is 0 Å². The van der Waals surface area contributed by atoms with E-state index in [2.05, 4.69) is 26.0 Å². The fraction of sp³-hybridized carbons (Fsp3) is 0.667. The van der Waals surface area contributed by atoms with Gasteiger partial charge in [0.1, 0.15) is 12.6 Å². The molecule has 5 nitrogen and oxygen atoms in total. The Kier molecular flexibility index (Phi) is 5.44. The summed E-state index contributed by atoms with van der Waals surface area (Å²) in [4.78, 5) is 20.9. The van der Waals surface area contributed by atoms with Crippen LogP contribution < -0.4 is 5.32 Å². The average Bonchev–Trinajstić information content (AvgIpc) is 2.00. The van der Waals surface area contributed by atoms with Gasteiger partial charge in [-0.1, -0.05) is 15.9 Å². The maximum absolute atomic E-state index is 10.7. The highest BCUT2D eigenvalue weighted by Gasteiger charge is 2.13. The van der Waals surface area contributed by atoms with Crippen LogP contribution in [0.2, 0.25) is 0 Å². The fourth-order valence-corrected chi connectivity index (χ4v) is 0.573. The molecule has 0 aliphatic carbocycles. The van der Waals surface area contributed by atoms with Crippen LogP contribution in [0.5, 0.6) is 0 Å². The number of alkyl halides is 1. The first-order valence-electron chi connectivity index (χ1n) is 3.30. The third-order valence-electron chi connectivity index (χ3n) is 1.02. The summed E-state index contributed by atoms with van der Waals surface area (Å²) in [6, 6.07) is -0.923. The van der Waals surface area contributed by atoms with E-state index in [4.69, 9.17) is 5.11 Å². The first kappa shape index (κ1) is 11.2. The Morgan fingerprint density at radius 2 is 2.25 bits per heavy atom. The van der Waals surface area contributed by atoms with Gasteiger partial charge in [-0.25, -0.2) is 4.79 Å². The van der Waals surface area contributed by atoms with Gasteiger partial charge in [-0.3, -0.25) is 4.79 Å². The third-order valence-corrected chi connectivity index (χ3v) is 1.34. The predicted octanol–water partition coefficient (Wildman–Crippen LogP) is 0.581. The number of hydrogen-bond acceptors (Lipinski definition) is 3. The largest absolute Gasteiger partial charge is 0.480 e. The van der Waals surface area contributed by atoms with Crippen molar-refractivity contribution in [2.45, 2.75) is 13.0 Å². The van der Waals surface area contributed by atoms with Gasteiger partial charge in [0.15, 0.2) is 0 Å². The van der Waals surface area contributed by atoms with Crippen LogP contribution in [0.25, 0.3) is 0 Å². The molecular weight excluding hydrogens is 230 g/mol. The Balaban J connectivity index is 3.61. The van der Waals surface area contributed by atoms with E-state index >= 15 is 0 Å². The van der Waals surface area contributed by atoms with Crippen molar-refractivity contribution in [2.75, 3.05) is 11.9 Å². The topological polar surface area (TPSA) is 75.6 Å². The van der Waals surface area contributed by atoms with E-state index in [0.717, 1.165) is 0 Å². The molecule has 0 heterocycles. The van der Waals surface area contributed by atoms with Crippen LogP contribution in [-0.2, 0) is 9.53 Å². The lowest BCUT2D eigenvalue weighted by Crippen LogP contribution is -2.38. The van der Waals surface area contributed by atoms with E-state index < -0.39 is 18.1 Å². The molecule has 0 spiro atoms. The van der Waals surface area contributed by atoms with Crippen molar-refractivity contribution in [3.8, 4) is 0 Å². The summed E-state index contributed by atoms with van der Waals surface area (Å²) in [5.41, 5.74) is 0. The van der Waals surface area contributed by atoms with E-state index in [1.54, 1.807) is 0 Å². The van der Waals surface area contributed by atoms with Crippen LogP contribution in [0.3, 0.4) is 0 Å². The Morgan fingerprint density at radius 3 is 2.67 bits per heavy atom. The number of carbonyl (C=O) groups excluding carboxylic acids is 1. The molecule has 0 aromatic heterocycles. The van der Waals surface area contributed by atoms with Crippen molar-refractivity contribution in [3.63, 3.8) is 0 Å². The van der Waals surface area contributed by atoms with Crippen LogP contribution in [0, 0.1) is 0 Å². The van der Waals surface area contributed by atoms with Crippen molar-refractivity contribution in [1.29, 1.82) is 0 Å². The minimum atomic E-state index is -1.09. The Hall–Kier alpha value is -0.780. The van der Waals surface area contributed by atoms with Gasteiger partial charge in [0, 0.05) is 5.33 Å². The Labute approximate surface area is 78.2 Å². The third kappa shape index (κ3) is 4.95. The Bertz CT molecular complexity index is 173. The van der Waals surface area contributed by atoms with E-state index in [1.165, 1.54) is 6.92 Å². The molecular formula is C6H10BrNO4. The molecule has 6 heteroatoms. The molecule has 0 rings (SSSR count). The zero-order valence-corrected chi connectivity index (χ0v) is 8.13. The van der Waals surface area contributed by atoms with Crippen molar-refractivity contribution >= 4 is 28.0 Å². The van der Waals surface area contributed by atoms with Gasteiger partial charge in [-0.15, -0.1) is 0 Å². The number of aliphatic carboxylic acids is 1. The smallest absolute Gasteiger partial charge is 0.407 e. The molecule has 0 fully saturated rings. The van der Waals surface area contributed by atoms with Crippen molar-refractivity contribution in [1.82, 2.24) is 5.32 Å². The molecule has 0 saturated heterocycles. The molecule has 70 valence electrons. The normalized spacial score (nSPS) is 11.8. The van der Waals surface area contributed by atoms with Crippen LogP contribution in [-0.4, -0.2) is 35.1 Å². The van der Waals surface area contributed by atoms with E-state index in [9.17, 15) is 9.59 Å². The highest BCUT2D eigenvalue weighted by molar-refractivity contribution is 9.09. The summed E-state index contributed by atoms with van der Waals surface area (Å²) in [6.07, 6.45) is -0.718. The molecule has 0 bridgehead atoms. The summed E-state index contributed by atoms with van der Waals surface area (Å²) in [5, 5.41) is 11.0. The lowest BCUT2D eigenvalue weighted by Gasteiger charge is -2.08. The van der Waals surface area contributed by atoms with Crippen molar-refractivity contribution in [3.05, 3.63) is 0 Å². The summed E-state index contributed by atoms with van der Waals surface area (Å²) in [6.45, 7) is 1.58. The van der Waals surface area contributed by atoms with Gasteiger partial charge in [0.05, 0.1) is 0 Å². The SMILES string of the molecule is C[C@H](NC(=O)OCCBr)C(=O)O. The standard InChI is InChI=1S/C6H10BrNO4/c1-4(5(9)10)8-6(11)12-3-2-7/h4H,2-3H2,1H3,(H,8,11)(H,9,10)/t4-/m0/s1. The van der Waals surface area contributed by atoms with Crippen LogP contribution in [0.4, 0.5) is 4.79 Å². The summed E-state index contributed by atoms with van der Waals surface area (Å²) in [5.74, 6) is -1.09.